The molecule has 1 unspecified atom stereocenters. The highest BCUT2D eigenvalue weighted by Gasteiger charge is 2.30. The summed E-state index contributed by atoms with van der Waals surface area (Å²) in [6.45, 7) is 5.12. The van der Waals surface area contributed by atoms with E-state index in [1.807, 2.05) is 49.1 Å². The Balaban J connectivity index is 1.48. The zero-order chi connectivity index (χ0) is 18.1. The van der Waals surface area contributed by atoms with E-state index >= 15 is 0 Å². The fraction of sp³-hybridized carbons (Fsp3) is 0.368. The van der Waals surface area contributed by atoms with Crippen LogP contribution in [0, 0.1) is 13.8 Å². The van der Waals surface area contributed by atoms with Crippen LogP contribution in [0.5, 0.6) is 0 Å². The molecule has 1 amide bonds. The Hall–Kier alpha value is -2.96. The largest absolute Gasteiger partial charge is 0.361 e. The predicted molar refractivity (Wildman–Crippen MR) is 95.4 cm³/mol. The Morgan fingerprint density at radius 2 is 2.08 bits per heavy atom. The van der Waals surface area contributed by atoms with Crippen LogP contribution in [-0.4, -0.2) is 43.8 Å². The molecule has 0 spiro atoms. The van der Waals surface area contributed by atoms with Crippen molar-refractivity contribution in [3.05, 3.63) is 53.7 Å². The summed E-state index contributed by atoms with van der Waals surface area (Å²) in [5.74, 6) is 1.67. The Labute approximate surface area is 151 Å². The first-order valence-electron chi connectivity index (χ1n) is 8.78. The van der Waals surface area contributed by atoms with Crippen molar-refractivity contribution >= 4 is 5.91 Å². The Kier molecular flexibility index (Phi) is 4.28. The van der Waals surface area contributed by atoms with Gasteiger partial charge in [-0.05, 0) is 20.3 Å². The summed E-state index contributed by atoms with van der Waals surface area (Å²) in [5, 5.41) is 12.3. The molecule has 0 saturated carbocycles. The zero-order valence-electron chi connectivity index (χ0n) is 14.9. The zero-order valence-corrected chi connectivity index (χ0v) is 14.9. The number of aromatic nitrogens is 4. The van der Waals surface area contributed by atoms with Gasteiger partial charge in [0.1, 0.15) is 12.1 Å². The van der Waals surface area contributed by atoms with E-state index in [2.05, 4.69) is 19.9 Å². The number of hydrogen-bond donors (Lipinski definition) is 0. The highest BCUT2D eigenvalue weighted by molar-refractivity contribution is 5.79. The number of hydrogen-bond acceptors (Lipinski definition) is 5. The quantitative estimate of drug-likeness (QED) is 0.722. The van der Waals surface area contributed by atoms with Gasteiger partial charge in [-0.2, -0.15) is 0 Å². The first kappa shape index (κ1) is 16.5. The van der Waals surface area contributed by atoms with Crippen LogP contribution in [0.15, 0.2) is 41.2 Å². The third kappa shape index (κ3) is 3.00. The molecule has 1 fully saturated rings. The molecule has 7 heteroatoms. The maximum atomic E-state index is 12.7. The van der Waals surface area contributed by atoms with Gasteiger partial charge in [0, 0.05) is 24.2 Å². The van der Waals surface area contributed by atoms with E-state index in [4.69, 9.17) is 4.52 Å². The maximum Gasteiger partial charge on any atom is 0.227 e. The molecule has 0 bridgehead atoms. The van der Waals surface area contributed by atoms with Crippen LogP contribution >= 0.6 is 0 Å². The summed E-state index contributed by atoms with van der Waals surface area (Å²) >= 11 is 0. The number of nitrogens with zero attached hydrogens (tertiary/aromatic N) is 5. The van der Waals surface area contributed by atoms with Crippen molar-refractivity contribution in [2.75, 3.05) is 13.1 Å². The summed E-state index contributed by atoms with van der Waals surface area (Å²) in [5.41, 5.74) is 2.72. The Morgan fingerprint density at radius 3 is 2.81 bits per heavy atom. The molecule has 2 aromatic heterocycles. The van der Waals surface area contributed by atoms with Gasteiger partial charge >= 0.3 is 0 Å². The van der Waals surface area contributed by atoms with E-state index in [0.29, 0.717) is 13.0 Å². The minimum absolute atomic E-state index is 0.108. The number of likely N-dealkylation sites (tertiary alicyclic amines) is 1. The number of carbonyl (C=O) groups is 1. The molecule has 1 saturated heterocycles. The number of carbonyl (C=O) groups excluding carboxylic acids is 1. The second-order valence-electron chi connectivity index (χ2n) is 6.69. The van der Waals surface area contributed by atoms with Crippen molar-refractivity contribution in [1.29, 1.82) is 0 Å². The number of amides is 1. The van der Waals surface area contributed by atoms with Gasteiger partial charge in [0.25, 0.3) is 0 Å². The molecular formula is C19H21N5O2. The highest BCUT2D eigenvalue weighted by Crippen LogP contribution is 2.27. The molecule has 0 N–H and O–H groups in total. The maximum absolute atomic E-state index is 12.7. The van der Waals surface area contributed by atoms with Crippen molar-refractivity contribution < 1.29 is 9.32 Å². The van der Waals surface area contributed by atoms with Gasteiger partial charge in [0.05, 0.1) is 18.2 Å². The van der Waals surface area contributed by atoms with Crippen LogP contribution in [-0.2, 0) is 11.2 Å². The van der Waals surface area contributed by atoms with E-state index in [-0.39, 0.29) is 11.9 Å². The first-order chi connectivity index (χ1) is 12.6. The molecule has 0 aliphatic carbocycles. The van der Waals surface area contributed by atoms with E-state index in [9.17, 15) is 4.79 Å². The lowest BCUT2D eigenvalue weighted by Gasteiger charge is -2.18. The van der Waals surface area contributed by atoms with Gasteiger partial charge in [0.15, 0.2) is 5.82 Å². The van der Waals surface area contributed by atoms with Gasteiger partial charge in [0.2, 0.25) is 5.91 Å². The third-order valence-corrected chi connectivity index (χ3v) is 5.02. The second-order valence-corrected chi connectivity index (χ2v) is 6.69. The van der Waals surface area contributed by atoms with Crippen LogP contribution in [0.3, 0.4) is 0 Å². The molecule has 1 atom stereocenters. The minimum atomic E-state index is 0.108. The topological polar surface area (TPSA) is 77.0 Å². The normalized spacial score (nSPS) is 17.0. The summed E-state index contributed by atoms with van der Waals surface area (Å²) < 4.78 is 7.24. The third-order valence-electron chi connectivity index (χ3n) is 5.02. The highest BCUT2D eigenvalue weighted by atomic mass is 16.5. The van der Waals surface area contributed by atoms with Gasteiger partial charge in [-0.25, -0.2) is 0 Å². The van der Waals surface area contributed by atoms with Crippen LogP contribution in [0.1, 0.15) is 29.5 Å². The number of benzene rings is 1. The molecule has 7 nitrogen and oxygen atoms in total. The SMILES string of the molecule is Cc1noc(C)c1CC(=O)N1CCC(n2cnnc2-c2ccccc2)C1. The standard InChI is InChI=1S/C19H21N5O2/c1-13-17(14(2)26-22-13)10-18(25)23-9-8-16(11-23)24-12-20-21-19(24)15-6-4-3-5-7-15/h3-7,12,16H,8-11H2,1-2H3. The average Bonchev–Trinajstić information content (AvgIpc) is 3.38. The van der Waals surface area contributed by atoms with Gasteiger partial charge in [-0.3, -0.25) is 4.79 Å². The van der Waals surface area contributed by atoms with Crippen LogP contribution in [0.25, 0.3) is 11.4 Å². The van der Waals surface area contributed by atoms with Crippen molar-refractivity contribution in [3.8, 4) is 11.4 Å². The number of aryl methyl sites for hydroxylation is 2. The molecule has 4 rings (SSSR count). The fourth-order valence-electron chi connectivity index (χ4n) is 3.52. The average molecular weight is 351 g/mol. The first-order valence-corrected chi connectivity index (χ1v) is 8.78. The molecule has 1 aromatic carbocycles. The Morgan fingerprint density at radius 1 is 1.27 bits per heavy atom. The van der Waals surface area contributed by atoms with Gasteiger partial charge < -0.3 is 14.0 Å². The molecule has 26 heavy (non-hydrogen) atoms. The Bertz CT molecular complexity index is 896. The minimum Gasteiger partial charge on any atom is -0.361 e. The van der Waals surface area contributed by atoms with E-state index in [1.54, 1.807) is 6.33 Å². The van der Waals surface area contributed by atoms with Crippen LogP contribution in [0.2, 0.25) is 0 Å². The summed E-state index contributed by atoms with van der Waals surface area (Å²) in [7, 11) is 0. The van der Waals surface area contributed by atoms with Crippen molar-refractivity contribution in [1.82, 2.24) is 24.8 Å². The lowest BCUT2D eigenvalue weighted by molar-refractivity contribution is -0.129. The van der Waals surface area contributed by atoms with Crippen LogP contribution < -0.4 is 0 Å². The smallest absolute Gasteiger partial charge is 0.227 e. The summed E-state index contributed by atoms with van der Waals surface area (Å²) in [6.07, 6.45) is 2.99. The molecule has 134 valence electrons. The lowest BCUT2D eigenvalue weighted by Crippen LogP contribution is -2.30. The lowest BCUT2D eigenvalue weighted by atomic mass is 10.1. The van der Waals surface area contributed by atoms with Gasteiger partial charge in [-0.15, -0.1) is 10.2 Å². The molecule has 1 aliphatic heterocycles. The van der Waals surface area contributed by atoms with Crippen LogP contribution in [0.4, 0.5) is 0 Å². The molecule has 1 aliphatic rings. The molecule has 3 aromatic rings. The fourth-order valence-corrected chi connectivity index (χ4v) is 3.52. The van der Waals surface area contributed by atoms with Crippen molar-refractivity contribution in [3.63, 3.8) is 0 Å². The van der Waals surface area contributed by atoms with Crippen molar-refractivity contribution in [2.45, 2.75) is 32.7 Å². The van der Waals surface area contributed by atoms with E-state index in [1.165, 1.54) is 0 Å². The predicted octanol–water partition coefficient (Wildman–Crippen LogP) is 2.57. The number of rotatable bonds is 4. The molecule has 0 radical (unpaired) electrons. The second kappa shape index (κ2) is 6.74. The molecular weight excluding hydrogens is 330 g/mol. The van der Waals surface area contributed by atoms with Crippen molar-refractivity contribution in [2.24, 2.45) is 0 Å². The monoisotopic (exact) mass is 351 g/mol. The summed E-state index contributed by atoms with van der Waals surface area (Å²) in [6, 6.07) is 10.2. The summed E-state index contributed by atoms with van der Waals surface area (Å²) in [4.78, 5) is 14.6. The van der Waals surface area contributed by atoms with E-state index < -0.39 is 0 Å². The molecule has 3 heterocycles. The van der Waals surface area contributed by atoms with Gasteiger partial charge in [-0.1, -0.05) is 35.5 Å². The van der Waals surface area contributed by atoms with E-state index in [0.717, 1.165) is 41.4 Å².